The van der Waals surface area contributed by atoms with Crippen molar-refractivity contribution in [2.24, 2.45) is 0 Å². The van der Waals surface area contributed by atoms with Crippen LogP contribution < -0.4 is 0 Å². The van der Waals surface area contributed by atoms with Crippen LogP contribution in [0, 0.1) is 0 Å². The summed E-state index contributed by atoms with van der Waals surface area (Å²) in [5.74, 6) is 0.0586. The Morgan fingerprint density at radius 1 is 1.58 bits per heavy atom. The first-order chi connectivity index (χ1) is 5.79. The third-order valence-corrected chi connectivity index (χ3v) is 2.47. The summed E-state index contributed by atoms with van der Waals surface area (Å²) in [6.07, 6.45) is 0.0723. The second-order valence-corrected chi connectivity index (χ2v) is 3.51. The molecule has 0 aromatic carbocycles. The Morgan fingerprint density at radius 3 is 3.00 bits per heavy atom. The number of hydrogen-bond acceptors (Lipinski definition) is 4. The molecule has 1 atom stereocenters. The molecule has 1 unspecified atom stereocenters. The van der Waals surface area contributed by atoms with Gasteiger partial charge < -0.3 is 14.6 Å². The topological polar surface area (TPSA) is 55.8 Å². The molecule has 0 aromatic rings. The summed E-state index contributed by atoms with van der Waals surface area (Å²) in [7, 11) is 0. The lowest BCUT2D eigenvalue weighted by molar-refractivity contribution is -0.133. The number of thioether (sulfide) groups is 1. The van der Waals surface area contributed by atoms with Gasteiger partial charge in [-0.15, -0.1) is 11.8 Å². The fourth-order valence-electron chi connectivity index (χ4n) is 0.911. The van der Waals surface area contributed by atoms with Crippen LogP contribution >= 0.6 is 11.8 Å². The number of rotatable bonds is 4. The third-order valence-electron chi connectivity index (χ3n) is 1.41. The first-order valence-electron chi connectivity index (χ1n) is 3.78. The van der Waals surface area contributed by atoms with Crippen molar-refractivity contribution >= 4 is 17.7 Å². The van der Waals surface area contributed by atoms with Crippen molar-refractivity contribution in [3.8, 4) is 0 Å². The number of carboxylic acids is 1. The predicted octanol–water partition coefficient (Wildman–Crippen LogP) is 0.220. The second kappa shape index (κ2) is 5.40. The molecule has 1 aliphatic rings. The van der Waals surface area contributed by atoms with E-state index in [4.69, 9.17) is 14.6 Å². The van der Waals surface area contributed by atoms with E-state index in [-0.39, 0.29) is 11.9 Å². The molecule has 5 heteroatoms. The normalized spacial score (nSPS) is 23.8. The molecular weight excluding hydrogens is 180 g/mol. The summed E-state index contributed by atoms with van der Waals surface area (Å²) < 4.78 is 10.5. The zero-order valence-corrected chi connectivity index (χ0v) is 7.51. The van der Waals surface area contributed by atoms with Crippen LogP contribution in [0.3, 0.4) is 0 Å². The lowest BCUT2D eigenvalue weighted by Gasteiger charge is -2.22. The largest absolute Gasteiger partial charge is 0.481 e. The van der Waals surface area contributed by atoms with E-state index in [1.807, 2.05) is 0 Å². The van der Waals surface area contributed by atoms with Crippen LogP contribution in [0.4, 0.5) is 0 Å². The molecule has 0 aromatic heterocycles. The predicted molar refractivity (Wildman–Crippen MR) is 45.5 cm³/mol. The van der Waals surface area contributed by atoms with Gasteiger partial charge in [0.25, 0.3) is 0 Å². The van der Waals surface area contributed by atoms with E-state index in [2.05, 4.69) is 0 Å². The lowest BCUT2D eigenvalue weighted by Crippen LogP contribution is -2.30. The van der Waals surface area contributed by atoms with Crippen molar-refractivity contribution in [1.29, 1.82) is 0 Å². The summed E-state index contributed by atoms with van der Waals surface area (Å²) in [5.41, 5.74) is 0. The molecule has 0 amide bonds. The minimum Gasteiger partial charge on any atom is -0.481 e. The van der Waals surface area contributed by atoms with Crippen molar-refractivity contribution < 1.29 is 19.4 Å². The van der Waals surface area contributed by atoms with Gasteiger partial charge in [0.05, 0.1) is 31.7 Å². The summed E-state index contributed by atoms with van der Waals surface area (Å²) in [6.45, 7) is 1.87. The van der Waals surface area contributed by atoms with E-state index in [0.717, 1.165) is 0 Å². The molecule has 1 fully saturated rings. The quantitative estimate of drug-likeness (QED) is 0.690. The van der Waals surface area contributed by atoms with Gasteiger partial charge in [-0.1, -0.05) is 0 Å². The Labute approximate surface area is 75.2 Å². The summed E-state index contributed by atoms with van der Waals surface area (Å²) in [4.78, 5) is 10.1. The Balaban J connectivity index is 2.01. The van der Waals surface area contributed by atoms with Crippen molar-refractivity contribution in [1.82, 2.24) is 0 Å². The van der Waals surface area contributed by atoms with Gasteiger partial charge in [0.1, 0.15) is 0 Å². The van der Waals surface area contributed by atoms with Gasteiger partial charge in [-0.2, -0.15) is 0 Å². The standard InChI is InChI=1S/C7H12O4S/c8-7(9)5-12-4-6-3-10-1-2-11-6/h6H,1-5H2,(H,8,9). The molecular formula is C7H12O4S. The van der Waals surface area contributed by atoms with E-state index < -0.39 is 5.97 Å². The fraction of sp³-hybridized carbons (Fsp3) is 0.857. The van der Waals surface area contributed by atoms with Crippen molar-refractivity contribution in [2.75, 3.05) is 31.3 Å². The van der Waals surface area contributed by atoms with E-state index in [1.165, 1.54) is 11.8 Å². The zero-order valence-electron chi connectivity index (χ0n) is 6.69. The Morgan fingerprint density at radius 2 is 2.42 bits per heavy atom. The number of carboxylic acid groups (broad SMARTS) is 1. The smallest absolute Gasteiger partial charge is 0.313 e. The molecule has 12 heavy (non-hydrogen) atoms. The van der Waals surface area contributed by atoms with Gasteiger partial charge in [-0.25, -0.2) is 0 Å². The van der Waals surface area contributed by atoms with Gasteiger partial charge >= 0.3 is 5.97 Å². The van der Waals surface area contributed by atoms with Crippen LogP contribution in [-0.2, 0) is 14.3 Å². The van der Waals surface area contributed by atoms with Crippen molar-refractivity contribution in [2.45, 2.75) is 6.10 Å². The van der Waals surface area contributed by atoms with Gasteiger partial charge in [-0.05, 0) is 0 Å². The molecule has 0 bridgehead atoms. The molecule has 0 spiro atoms. The maximum Gasteiger partial charge on any atom is 0.313 e. The summed E-state index contributed by atoms with van der Waals surface area (Å²) >= 11 is 1.36. The highest BCUT2D eigenvalue weighted by molar-refractivity contribution is 7.99. The number of aliphatic carboxylic acids is 1. The van der Waals surface area contributed by atoms with Gasteiger partial charge in [0.15, 0.2) is 0 Å². The molecule has 1 aliphatic heterocycles. The van der Waals surface area contributed by atoms with Crippen LogP contribution in [0.1, 0.15) is 0 Å². The average Bonchev–Trinajstić information content (AvgIpc) is 2.05. The van der Waals surface area contributed by atoms with Gasteiger partial charge in [0.2, 0.25) is 0 Å². The Kier molecular flexibility index (Phi) is 4.42. The maximum atomic E-state index is 10.1. The molecule has 0 aliphatic carbocycles. The molecule has 0 saturated carbocycles. The third kappa shape index (κ3) is 3.94. The molecule has 1 rings (SSSR count). The highest BCUT2D eigenvalue weighted by Gasteiger charge is 2.14. The Hall–Kier alpha value is -0.260. The maximum absolute atomic E-state index is 10.1. The lowest BCUT2D eigenvalue weighted by atomic mass is 10.4. The molecule has 1 saturated heterocycles. The minimum absolute atomic E-state index is 0.0723. The van der Waals surface area contributed by atoms with Crippen LogP contribution in [0.15, 0.2) is 0 Å². The second-order valence-electron chi connectivity index (χ2n) is 2.48. The monoisotopic (exact) mass is 192 g/mol. The SMILES string of the molecule is O=C(O)CSCC1COCCO1. The molecule has 70 valence electrons. The van der Waals surface area contributed by atoms with E-state index in [0.29, 0.717) is 25.6 Å². The van der Waals surface area contributed by atoms with Crippen molar-refractivity contribution in [3.63, 3.8) is 0 Å². The highest BCUT2D eigenvalue weighted by Crippen LogP contribution is 2.08. The minimum atomic E-state index is -0.781. The Bertz CT molecular complexity index is 144. The van der Waals surface area contributed by atoms with Crippen LogP contribution in [0.25, 0.3) is 0 Å². The number of carbonyl (C=O) groups is 1. The van der Waals surface area contributed by atoms with E-state index >= 15 is 0 Å². The number of ether oxygens (including phenoxy) is 2. The van der Waals surface area contributed by atoms with Crippen molar-refractivity contribution in [3.05, 3.63) is 0 Å². The van der Waals surface area contributed by atoms with Crippen LogP contribution in [0.2, 0.25) is 0 Å². The highest BCUT2D eigenvalue weighted by atomic mass is 32.2. The van der Waals surface area contributed by atoms with Gasteiger partial charge in [0, 0.05) is 5.75 Å². The molecule has 4 nitrogen and oxygen atoms in total. The molecule has 0 radical (unpaired) electrons. The van der Waals surface area contributed by atoms with Crippen LogP contribution in [-0.4, -0.2) is 48.5 Å². The first kappa shape index (κ1) is 9.83. The zero-order chi connectivity index (χ0) is 8.81. The number of hydrogen-bond donors (Lipinski definition) is 1. The van der Waals surface area contributed by atoms with Gasteiger partial charge in [-0.3, -0.25) is 4.79 Å². The average molecular weight is 192 g/mol. The summed E-state index contributed by atoms with van der Waals surface area (Å²) in [6, 6.07) is 0. The van der Waals surface area contributed by atoms with E-state index in [9.17, 15) is 4.79 Å². The first-order valence-corrected chi connectivity index (χ1v) is 4.93. The fourth-order valence-corrected chi connectivity index (χ4v) is 1.66. The van der Waals surface area contributed by atoms with Crippen LogP contribution in [0.5, 0.6) is 0 Å². The van der Waals surface area contributed by atoms with E-state index in [1.54, 1.807) is 0 Å². The molecule has 1 N–H and O–H groups in total. The molecule has 1 heterocycles. The summed E-state index contributed by atoms with van der Waals surface area (Å²) in [5, 5.41) is 8.35.